The van der Waals surface area contributed by atoms with Crippen LogP contribution in [0.3, 0.4) is 0 Å². The van der Waals surface area contributed by atoms with Crippen molar-refractivity contribution in [3.05, 3.63) is 34.2 Å². The normalized spacial score (nSPS) is 13.3. The lowest BCUT2D eigenvalue weighted by Crippen LogP contribution is -2.24. The van der Waals surface area contributed by atoms with E-state index in [1.54, 1.807) is 18.3 Å². The second kappa shape index (κ2) is 3.54. The number of H-pyrrole nitrogens is 1. The van der Waals surface area contributed by atoms with Gasteiger partial charge in [-0.05, 0) is 12.0 Å². The van der Waals surface area contributed by atoms with Crippen molar-refractivity contribution < 1.29 is 0 Å². The highest BCUT2D eigenvalue weighted by Crippen LogP contribution is 2.13. The van der Waals surface area contributed by atoms with Gasteiger partial charge in [0, 0.05) is 17.8 Å². The summed E-state index contributed by atoms with van der Waals surface area (Å²) in [4.78, 5) is 13.8. The fourth-order valence-corrected chi connectivity index (χ4v) is 1.06. The number of rotatable bonds is 2. The summed E-state index contributed by atoms with van der Waals surface area (Å²) >= 11 is 0. The van der Waals surface area contributed by atoms with Crippen LogP contribution in [0.1, 0.15) is 25.5 Å². The van der Waals surface area contributed by atoms with E-state index in [1.807, 2.05) is 13.8 Å². The molecule has 1 rings (SSSR count). The molecule has 0 amide bonds. The highest BCUT2D eigenvalue weighted by atomic mass is 16.1. The molecule has 12 heavy (non-hydrogen) atoms. The average Bonchev–Trinajstić information content (AvgIpc) is 2.04. The Bertz CT molecular complexity index is 303. The number of aromatic nitrogens is 1. The van der Waals surface area contributed by atoms with Crippen LogP contribution in [-0.4, -0.2) is 4.98 Å². The third kappa shape index (κ3) is 1.74. The van der Waals surface area contributed by atoms with Gasteiger partial charge in [0.15, 0.2) is 0 Å². The Morgan fingerprint density at radius 1 is 1.50 bits per heavy atom. The van der Waals surface area contributed by atoms with E-state index in [9.17, 15) is 4.79 Å². The van der Waals surface area contributed by atoms with Gasteiger partial charge in [0.05, 0.1) is 0 Å². The summed E-state index contributed by atoms with van der Waals surface area (Å²) < 4.78 is 0. The maximum absolute atomic E-state index is 11.2. The molecule has 0 aliphatic carbocycles. The van der Waals surface area contributed by atoms with Crippen LogP contribution < -0.4 is 11.3 Å². The fraction of sp³-hybridized carbons (Fsp3) is 0.444. The van der Waals surface area contributed by atoms with Crippen molar-refractivity contribution in [3.63, 3.8) is 0 Å². The number of pyridine rings is 1. The van der Waals surface area contributed by atoms with Crippen molar-refractivity contribution in [1.82, 2.24) is 4.98 Å². The van der Waals surface area contributed by atoms with Crippen LogP contribution >= 0.6 is 0 Å². The smallest absolute Gasteiger partial charge is 0.252 e. The second-order valence-corrected chi connectivity index (χ2v) is 3.22. The van der Waals surface area contributed by atoms with Crippen LogP contribution in [0.5, 0.6) is 0 Å². The van der Waals surface area contributed by atoms with Crippen molar-refractivity contribution in [3.8, 4) is 0 Å². The largest absolute Gasteiger partial charge is 0.329 e. The van der Waals surface area contributed by atoms with Crippen LogP contribution in [0.15, 0.2) is 23.1 Å². The number of hydrogen-bond donors (Lipinski definition) is 2. The Kier molecular flexibility index (Phi) is 2.65. The Labute approximate surface area is 71.6 Å². The number of nitrogens with two attached hydrogens (primary N) is 1. The highest BCUT2D eigenvalue weighted by molar-refractivity contribution is 5.13. The molecule has 1 heterocycles. The molecule has 1 aromatic heterocycles. The first-order chi connectivity index (χ1) is 5.63. The van der Waals surface area contributed by atoms with E-state index >= 15 is 0 Å². The van der Waals surface area contributed by atoms with Crippen molar-refractivity contribution in [1.29, 1.82) is 0 Å². The first-order valence-electron chi connectivity index (χ1n) is 4.06. The van der Waals surface area contributed by atoms with Gasteiger partial charge in [-0.25, -0.2) is 0 Å². The molecular weight excluding hydrogens is 152 g/mol. The Morgan fingerprint density at radius 2 is 2.17 bits per heavy atom. The molecule has 0 aliphatic rings. The lowest BCUT2D eigenvalue weighted by atomic mass is 9.98. The first-order valence-corrected chi connectivity index (χ1v) is 4.06. The van der Waals surface area contributed by atoms with Gasteiger partial charge < -0.3 is 10.7 Å². The van der Waals surface area contributed by atoms with Crippen molar-refractivity contribution in [2.75, 3.05) is 0 Å². The maximum Gasteiger partial charge on any atom is 0.252 e. The van der Waals surface area contributed by atoms with Crippen molar-refractivity contribution >= 4 is 0 Å². The number of nitrogens with one attached hydrogen (secondary N) is 1. The maximum atomic E-state index is 11.2. The molecule has 3 nitrogen and oxygen atoms in total. The predicted molar refractivity (Wildman–Crippen MR) is 48.8 cm³/mol. The fourth-order valence-electron chi connectivity index (χ4n) is 1.06. The van der Waals surface area contributed by atoms with Gasteiger partial charge >= 0.3 is 0 Å². The molecule has 0 aromatic carbocycles. The zero-order chi connectivity index (χ0) is 9.14. The van der Waals surface area contributed by atoms with E-state index in [0.29, 0.717) is 5.56 Å². The minimum absolute atomic E-state index is 0.0845. The van der Waals surface area contributed by atoms with Crippen LogP contribution in [0, 0.1) is 5.92 Å². The van der Waals surface area contributed by atoms with Gasteiger partial charge in [-0.1, -0.05) is 19.9 Å². The molecular formula is C9H14N2O. The molecule has 0 spiro atoms. The van der Waals surface area contributed by atoms with Gasteiger partial charge in [0.2, 0.25) is 0 Å². The summed E-state index contributed by atoms with van der Waals surface area (Å²) in [5, 5.41) is 0. The zero-order valence-electron chi connectivity index (χ0n) is 7.37. The molecule has 1 aromatic rings. The van der Waals surface area contributed by atoms with Crippen LogP contribution in [-0.2, 0) is 0 Å². The molecule has 3 N–H and O–H groups in total. The lowest BCUT2D eigenvalue weighted by molar-refractivity contribution is 0.510. The third-order valence-corrected chi connectivity index (χ3v) is 1.93. The van der Waals surface area contributed by atoms with E-state index in [2.05, 4.69) is 4.98 Å². The van der Waals surface area contributed by atoms with Crippen LogP contribution in [0.25, 0.3) is 0 Å². The summed E-state index contributed by atoms with van der Waals surface area (Å²) in [5.41, 5.74) is 6.39. The number of aromatic amines is 1. The van der Waals surface area contributed by atoms with Gasteiger partial charge in [-0.15, -0.1) is 0 Å². The summed E-state index contributed by atoms with van der Waals surface area (Å²) in [6, 6.07) is 3.39. The summed E-state index contributed by atoms with van der Waals surface area (Å²) in [7, 11) is 0. The average molecular weight is 166 g/mol. The first kappa shape index (κ1) is 9.00. The van der Waals surface area contributed by atoms with Crippen molar-refractivity contribution in [2.45, 2.75) is 19.9 Å². The van der Waals surface area contributed by atoms with E-state index in [1.165, 1.54) is 0 Å². The standard InChI is InChI=1S/C9H14N2O/c1-6(2)8(10)7-4-3-5-11-9(7)12/h3-6,8H,10H2,1-2H3,(H,11,12)/t8-/m0/s1. The van der Waals surface area contributed by atoms with E-state index in [4.69, 9.17) is 5.73 Å². The zero-order valence-corrected chi connectivity index (χ0v) is 7.37. The van der Waals surface area contributed by atoms with Crippen LogP contribution in [0.2, 0.25) is 0 Å². The highest BCUT2D eigenvalue weighted by Gasteiger charge is 2.12. The topological polar surface area (TPSA) is 58.9 Å². The molecule has 3 heteroatoms. The minimum atomic E-state index is -0.171. The third-order valence-electron chi connectivity index (χ3n) is 1.93. The lowest BCUT2D eigenvalue weighted by Gasteiger charge is -2.14. The Balaban J connectivity index is 3.03. The Morgan fingerprint density at radius 3 is 2.67 bits per heavy atom. The number of hydrogen-bond acceptors (Lipinski definition) is 2. The van der Waals surface area contributed by atoms with E-state index < -0.39 is 0 Å². The molecule has 0 saturated carbocycles. The van der Waals surface area contributed by atoms with Gasteiger partial charge in [-0.2, -0.15) is 0 Å². The molecule has 0 fully saturated rings. The molecule has 0 bridgehead atoms. The van der Waals surface area contributed by atoms with Crippen molar-refractivity contribution in [2.24, 2.45) is 11.7 Å². The summed E-state index contributed by atoms with van der Waals surface area (Å²) in [5.74, 6) is 0.286. The monoisotopic (exact) mass is 166 g/mol. The molecule has 0 aliphatic heterocycles. The quantitative estimate of drug-likeness (QED) is 0.689. The van der Waals surface area contributed by atoms with E-state index in [0.717, 1.165) is 0 Å². The molecule has 1 atom stereocenters. The molecule has 0 radical (unpaired) electrons. The SMILES string of the molecule is CC(C)[C@H](N)c1ccc[nH]c1=O. The predicted octanol–water partition coefficient (Wildman–Crippen LogP) is 1.03. The van der Waals surface area contributed by atoms with Gasteiger partial charge in [-0.3, -0.25) is 4.79 Å². The summed E-state index contributed by atoms with van der Waals surface area (Å²) in [6.45, 7) is 3.99. The molecule has 0 saturated heterocycles. The van der Waals surface area contributed by atoms with Crippen LogP contribution in [0.4, 0.5) is 0 Å². The summed E-state index contributed by atoms with van der Waals surface area (Å²) in [6.07, 6.45) is 1.61. The van der Waals surface area contributed by atoms with Gasteiger partial charge in [0.1, 0.15) is 0 Å². The molecule has 66 valence electrons. The minimum Gasteiger partial charge on any atom is -0.329 e. The molecule has 0 unspecified atom stereocenters. The Hall–Kier alpha value is -1.09. The van der Waals surface area contributed by atoms with E-state index in [-0.39, 0.29) is 17.5 Å². The second-order valence-electron chi connectivity index (χ2n) is 3.22. The van der Waals surface area contributed by atoms with Gasteiger partial charge in [0.25, 0.3) is 5.56 Å².